The Morgan fingerprint density at radius 1 is 1.41 bits per heavy atom. The van der Waals surface area contributed by atoms with Crippen molar-refractivity contribution in [3.05, 3.63) is 29.8 Å². The zero-order valence-corrected chi connectivity index (χ0v) is 10.6. The first-order valence-electron chi connectivity index (χ1n) is 5.92. The Kier molecular flexibility index (Phi) is 4.97. The summed E-state index contributed by atoms with van der Waals surface area (Å²) in [6.45, 7) is 6.94. The highest BCUT2D eigenvalue weighted by molar-refractivity contribution is 5.89. The largest absolute Gasteiger partial charge is 0.389 e. The molecule has 0 radical (unpaired) electrons. The number of hydrogen-bond donors (Lipinski definition) is 2. The van der Waals surface area contributed by atoms with Crippen LogP contribution in [0, 0.1) is 0 Å². The molecule has 0 aromatic heterocycles. The maximum absolute atomic E-state index is 11.8. The monoisotopic (exact) mass is 236 g/mol. The van der Waals surface area contributed by atoms with Crippen LogP contribution in [0.25, 0.3) is 0 Å². The van der Waals surface area contributed by atoms with Gasteiger partial charge in [0.1, 0.15) is 0 Å². The summed E-state index contributed by atoms with van der Waals surface area (Å²) in [5, 5.41) is 12.3. The third-order valence-electron chi connectivity index (χ3n) is 2.67. The molecule has 0 aliphatic carbocycles. The van der Waals surface area contributed by atoms with E-state index in [1.165, 1.54) is 0 Å². The molecule has 94 valence electrons. The van der Waals surface area contributed by atoms with Crippen LogP contribution >= 0.6 is 0 Å². The second kappa shape index (κ2) is 6.25. The fourth-order valence-electron chi connectivity index (χ4n) is 1.59. The number of anilines is 1. The van der Waals surface area contributed by atoms with Gasteiger partial charge in [-0.05, 0) is 38.5 Å². The van der Waals surface area contributed by atoms with Crippen molar-refractivity contribution in [1.82, 2.24) is 4.90 Å². The second-order valence-electron chi connectivity index (χ2n) is 3.90. The maximum Gasteiger partial charge on any atom is 0.321 e. The number of aliphatic hydroxyl groups excluding tert-OH is 1. The number of benzene rings is 1. The number of carbonyl (C=O) groups excluding carboxylic acids is 1. The number of nitrogens with one attached hydrogen (secondary N) is 1. The predicted molar refractivity (Wildman–Crippen MR) is 69.0 cm³/mol. The number of nitrogens with zero attached hydrogens (tertiary/aromatic N) is 1. The summed E-state index contributed by atoms with van der Waals surface area (Å²) in [5.74, 6) is 0. The van der Waals surface area contributed by atoms with Crippen LogP contribution in [0.15, 0.2) is 24.3 Å². The number of carbonyl (C=O) groups is 1. The minimum atomic E-state index is -0.527. The summed E-state index contributed by atoms with van der Waals surface area (Å²) in [6.07, 6.45) is -0.527. The van der Waals surface area contributed by atoms with Gasteiger partial charge in [0.25, 0.3) is 0 Å². The van der Waals surface area contributed by atoms with Gasteiger partial charge in [-0.2, -0.15) is 0 Å². The average Bonchev–Trinajstić information content (AvgIpc) is 2.30. The van der Waals surface area contributed by atoms with E-state index in [-0.39, 0.29) is 6.03 Å². The standard InChI is InChI=1S/C13H20N2O2/c1-4-15(5-2)13(17)14-12-8-6-7-11(9-12)10(3)16/h6-10,16H,4-5H2,1-3H3,(H,14,17). The van der Waals surface area contributed by atoms with Crippen molar-refractivity contribution in [2.45, 2.75) is 26.9 Å². The average molecular weight is 236 g/mol. The highest BCUT2D eigenvalue weighted by Gasteiger charge is 2.09. The second-order valence-corrected chi connectivity index (χ2v) is 3.90. The van der Waals surface area contributed by atoms with Gasteiger partial charge in [0.2, 0.25) is 0 Å². The van der Waals surface area contributed by atoms with Crippen molar-refractivity contribution in [1.29, 1.82) is 0 Å². The van der Waals surface area contributed by atoms with Gasteiger partial charge < -0.3 is 15.3 Å². The zero-order chi connectivity index (χ0) is 12.8. The molecule has 0 fully saturated rings. The van der Waals surface area contributed by atoms with Crippen LogP contribution in [-0.2, 0) is 0 Å². The maximum atomic E-state index is 11.8. The molecule has 1 aromatic carbocycles. The van der Waals surface area contributed by atoms with E-state index in [0.29, 0.717) is 18.8 Å². The molecule has 0 saturated heterocycles. The van der Waals surface area contributed by atoms with E-state index < -0.39 is 6.10 Å². The summed E-state index contributed by atoms with van der Waals surface area (Å²) >= 11 is 0. The van der Waals surface area contributed by atoms with Gasteiger partial charge in [-0.1, -0.05) is 12.1 Å². The Bertz CT molecular complexity index is 373. The summed E-state index contributed by atoms with van der Waals surface area (Å²) in [6, 6.07) is 7.13. The number of aliphatic hydroxyl groups is 1. The van der Waals surface area contributed by atoms with Gasteiger partial charge in [-0.25, -0.2) is 4.79 Å². The van der Waals surface area contributed by atoms with Crippen LogP contribution in [0.2, 0.25) is 0 Å². The molecular formula is C13H20N2O2. The quantitative estimate of drug-likeness (QED) is 0.844. The number of rotatable bonds is 4. The van der Waals surface area contributed by atoms with Crippen molar-refractivity contribution in [3.8, 4) is 0 Å². The molecule has 0 heterocycles. The summed E-state index contributed by atoms with van der Waals surface area (Å²) in [5.41, 5.74) is 1.50. The fraction of sp³-hybridized carbons (Fsp3) is 0.462. The molecule has 0 aliphatic rings. The molecule has 1 rings (SSSR count). The zero-order valence-electron chi connectivity index (χ0n) is 10.6. The van der Waals surface area contributed by atoms with E-state index in [4.69, 9.17) is 0 Å². The van der Waals surface area contributed by atoms with Crippen molar-refractivity contribution < 1.29 is 9.90 Å². The normalized spacial score (nSPS) is 12.0. The Morgan fingerprint density at radius 3 is 2.59 bits per heavy atom. The Balaban J connectivity index is 2.74. The van der Waals surface area contributed by atoms with Crippen LogP contribution in [0.5, 0.6) is 0 Å². The third kappa shape index (κ3) is 3.75. The Hall–Kier alpha value is -1.55. The van der Waals surface area contributed by atoms with Crippen LogP contribution in [-0.4, -0.2) is 29.1 Å². The predicted octanol–water partition coefficient (Wildman–Crippen LogP) is 2.61. The van der Waals surface area contributed by atoms with Crippen LogP contribution in [0.1, 0.15) is 32.4 Å². The topological polar surface area (TPSA) is 52.6 Å². The molecule has 2 N–H and O–H groups in total. The van der Waals surface area contributed by atoms with Gasteiger partial charge in [0.15, 0.2) is 0 Å². The van der Waals surface area contributed by atoms with E-state index >= 15 is 0 Å². The van der Waals surface area contributed by atoms with Gasteiger partial charge >= 0.3 is 6.03 Å². The molecule has 0 spiro atoms. The minimum Gasteiger partial charge on any atom is -0.389 e. The lowest BCUT2D eigenvalue weighted by Gasteiger charge is -2.19. The van der Waals surface area contributed by atoms with E-state index in [2.05, 4.69) is 5.32 Å². The van der Waals surface area contributed by atoms with Crippen LogP contribution in [0.4, 0.5) is 10.5 Å². The third-order valence-corrected chi connectivity index (χ3v) is 2.67. The number of hydrogen-bond acceptors (Lipinski definition) is 2. The smallest absolute Gasteiger partial charge is 0.321 e. The lowest BCUT2D eigenvalue weighted by atomic mass is 10.1. The van der Waals surface area contributed by atoms with Gasteiger partial charge in [0.05, 0.1) is 6.10 Å². The van der Waals surface area contributed by atoms with E-state index in [1.807, 2.05) is 32.0 Å². The molecule has 0 aliphatic heterocycles. The molecular weight excluding hydrogens is 216 g/mol. The Morgan fingerprint density at radius 2 is 2.06 bits per heavy atom. The number of urea groups is 1. The first-order valence-corrected chi connectivity index (χ1v) is 5.92. The van der Waals surface area contributed by atoms with E-state index in [1.54, 1.807) is 17.9 Å². The molecule has 4 heteroatoms. The van der Waals surface area contributed by atoms with Gasteiger partial charge in [-0.15, -0.1) is 0 Å². The molecule has 1 atom stereocenters. The lowest BCUT2D eigenvalue weighted by Crippen LogP contribution is -2.34. The van der Waals surface area contributed by atoms with Gasteiger partial charge in [0, 0.05) is 18.8 Å². The number of amides is 2. The molecule has 17 heavy (non-hydrogen) atoms. The van der Waals surface area contributed by atoms with Crippen LogP contribution in [0.3, 0.4) is 0 Å². The molecule has 4 nitrogen and oxygen atoms in total. The Labute approximate surface area is 102 Å². The van der Waals surface area contributed by atoms with Gasteiger partial charge in [-0.3, -0.25) is 0 Å². The first-order chi connectivity index (χ1) is 8.08. The fourth-order valence-corrected chi connectivity index (χ4v) is 1.59. The van der Waals surface area contributed by atoms with Crippen molar-refractivity contribution in [2.24, 2.45) is 0 Å². The highest BCUT2D eigenvalue weighted by Crippen LogP contribution is 2.17. The van der Waals surface area contributed by atoms with E-state index in [9.17, 15) is 9.90 Å². The molecule has 0 saturated carbocycles. The van der Waals surface area contributed by atoms with Crippen molar-refractivity contribution in [2.75, 3.05) is 18.4 Å². The molecule has 1 aromatic rings. The lowest BCUT2D eigenvalue weighted by molar-refractivity contribution is 0.199. The minimum absolute atomic E-state index is 0.113. The molecule has 1 unspecified atom stereocenters. The summed E-state index contributed by atoms with van der Waals surface area (Å²) in [4.78, 5) is 13.5. The highest BCUT2D eigenvalue weighted by atomic mass is 16.3. The molecule has 0 bridgehead atoms. The van der Waals surface area contributed by atoms with Crippen molar-refractivity contribution >= 4 is 11.7 Å². The first kappa shape index (κ1) is 13.5. The molecule has 2 amide bonds. The van der Waals surface area contributed by atoms with Crippen molar-refractivity contribution in [3.63, 3.8) is 0 Å². The SMILES string of the molecule is CCN(CC)C(=O)Nc1cccc(C(C)O)c1. The van der Waals surface area contributed by atoms with E-state index in [0.717, 1.165) is 5.56 Å². The van der Waals surface area contributed by atoms with Crippen LogP contribution < -0.4 is 5.32 Å². The summed E-state index contributed by atoms with van der Waals surface area (Å²) in [7, 11) is 0. The summed E-state index contributed by atoms with van der Waals surface area (Å²) < 4.78 is 0.